The number of pyridine rings is 1. The Labute approximate surface area is 75.2 Å². The number of aliphatic hydroxyl groups is 1. The fraction of sp³-hybridized carbons (Fsp3) is 0.250. The van der Waals surface area contributed by atoms with Crippen LogP contribution in [0.3, 0.4) is 0 Å². The minimum Gasteiger partial charge on any atom is -0.495 e. The van der Waals surface area contributed by atoms with Crippen LogP contribution in [0.1, 0.15) is 11.8 Å². The normalized spacial score (nSPS) is 12.2. The van der Waals surface area contributed by atoms with Crippen molar-refractivity contribution in [2.75, 3.05) is 7.11 Å². The smallest absolute Gasteiger partial charge is 0.252 e. The number of nitrogens with two attached hydrogens (primary N) is 1. The topological polar surface area (TPSA) is 85.4 Å². The Bertz CT molecular complexity index is 314. The third-order valence-corrected chi connectivity index (χ3v) is 1.55. The molecule has 1 heterocycles. The van der Waals surface area contributed by atoms with Crippen molar-refractivity contribution in [3.63, 3.8) is 0 Å². The van der Waals surface area contributed by atoms with E-state index >= 15 is 0 Å². The van der Waals surface area contributed by atoms with E-state index in [-0.39, 0.29) is 5.69 Å². The lowest BCUT2D eigenvalue weighted by atomic mass is 10.2. The van der Waals surface area contributed by atoms with Crippen LogP contribution in [0.4, 0.5) is 0 Å². The highest BCUT2D eigenvalue weighted by atomic mass is 16.5. The maximum Gasteiger partial charge on any atom is 0.252 e. The second kappa shape index (κ2) is 3.86. The molecule has 0 radical (unpaired) electrons. The lowest BCUT2D eigenvalue weighted by Gasteiger charge is -2.09. The number of hydrogen-bond donors (Lipinski definition) is 2. The summed E-state index contributed by atoms with van der Waals surface area (Å²) in [6.07, 6.45) is 0.0282. The zero-order chi connectivity index (χ0) is 9.84. The van der Waals surface area contributed by atoms with Gasteiger partial charge in [-0.3, -0.25) is 9.78 Å². The maximum atomic E-state index is 10.6. The molecule has 0 aliphatic carbocycles. The summed E-state index contributed by atoms with van der Waals surface area (Å²) < 4.78 is 4.89. The number of carbonyl (C=O) groups excluding carboxylic acids is 1. The number of nitrogens with zero attached hydrogens (tertiary/aromatic N) is 1. The van der Waals surface area contributed by atoms with Crippen molar-refractivity contribution < 1.29 is 14.6 Å². The van der Waals surface area contributed by atoms with Crippen molar-refractivity contribution in [2.24, 2.45) is 5.73 Å². The molecule has 0 aliphatic rings. The van der Waals surface area contributed by atoms with E-state index < -0.39 is 12.0 Å². The van der Waals surface area contributed by atoms with Crippen LogP contribution < -0.4 is 10.5 Å². The number of methoxy groups -OCH3 is 1. The van der Waals surface area contributed by atoms with Gasteiger partial charge in [0.05, 0.1) is 7.11 Å². The molecule has 5 heteroatoms. The van der Waals surface area contributed by atoms with Gasteiger partial charge in [0.2, 0.25) is 0 Å². The third-order valence-electron chi connectivity index (χ3n) is 1.55. The average molecular weight is 182 g/mol. The first-order valence-electron chi connectivity index (χ1n) is 3.63. The van der Waals surface area contributed by atoms with Crippen LogP contribution in [0.25, 0.3) is 0 Å². The zero-order valence-electron chi connectivity index (χ0n) is 7.10. The summed E-state index contributed by atoms with van der Waals surface area (Å²) in [6, 6.07) is 3.23. The molecule has 1 aromatic rings. The van der Waals surface area contributed by atoms with E-state index in [1.165, 1.54) is 13.3 Å². The minimum atomic E-state index is -1.42. The molecule has 1 amide bonds. The Morgan fingerprint density at radius 3 is 3.00 bits per heavy atom. The monoisotopic (exact) mass is 182 g/mol. The van der Waals surface area contributed by atoms with Gasteiger partial charge in [-0.25, -0.2) is 0 Å². The molecule has 0 bridgehead atoms. The molecule has 1 rings (SSSR count). The molecule has 70 valence electrons. The summed E-state index contributed by atoms with van der Waals surface area (Å²) in [4.78, 5) is 14.4. The Morgan fingerprint density at radius 1 is 1.77 bits per heavy atom. The number of carbonyl (C=O) groups is 1. The summed E-state index contributed by atoms with van der Waals surface area (Å²) in [5, 5.41) is 9.29. The van der Waals surface area contributed by atoms with Crippen molar-refractivity contribution in [1.29, 1.82) is 0 Å². The van der Waals surface area contributed by atoms with Gasteiger partial charge in [-0.15, -0.1) is 0 Å². The van der Waals surface area contributed by atoms with E-state index in [1.807, 2.05) is 0 Å². The number of aliphatic hydroxyl groups excluding tert-OH is 1. The summed E-state index contributed by atoms with van der Waals surface area (Å²) >= 11 is 0. The second-order valence-electron chi connectivity index (χ2n) is 2.40. The summed E-state index contributed by atoms with van der Waals surface area (Å²) in [6.45, 7) is 0. The van der Waals surface area contributed by atoms with Gasteiger partial charge < -0.3 is 15.6 Å². The van der Waals surface area contributed by atoms with Gasteiger partial charge in [-0.1, -0.05) is 0 Å². The van der Waals surface area contributed by atoms with Crippen LogP contribution in [0, 0.1) is 0 Å². The van der Waals surface area contributed by atoms with Crippen LogP contribution in [-0.4, -0.2) is 23.1 Å². The molecular formula is C8H10N2O3. The van der Waals surface area contributed by atoms with Gasteiger partial charge in [-0.2, -0.15) is 0 Å². The van der Waals surface area contributed by atoms with Crippen molar-refractivity contribution in [3.8, 4) is 5.75 Å². The molecule has 0 spiro atoms. The predicted molar refractivity (Wildman–Crippen MR) is 44.9 cm³/mol. The average Bonchev–Trinajstić information content (AvgIpc) is 2.16. The molecule has 1 aromatic heterocycles. The highest BCUT2D eigenvalue weighted by Crippen LogP contribution is 2.21. The minimum absolute atomic E-state index is 0.137. The standard InChI is InChI=1S/C8H10N2O3/c1-13-5-3-2-4-10-6(5)7(11)8(9)12/h2-4,7,11H,1H3,(H2,9,12). The van der Waals surface area contributed by atoms with Crippen LogP contribution >= 0.6 is 0 Å². The molecule has 0 saturated heterocycles. The highest BCUT2D eigenvalue weighted by molar-refractivity contribution is 5.80. The largest absolute Gasteiger partial charge is 0.495 e. The van der Waals surface area contributed by atoms with Crippen LogP contribution in [-0.2, 0) is 4.79 Å². The van der Waals surface area contributed by atoms with E-state index in [9.17, 15) is 9.90 Å². The first-order chi connectivity index (χ1) is 6.16. The fourth-order valence-electron chi connectivity index (χ4n) is 0.915. The molecule has 0 saturated carbocycles. The molecule has 5 nitrogen and oxygen atoms in total. The molecule has 1 unspecified atom stereocenters. The van der Waals surface area contributed by atoms with Crippen molar-refractivity contribution in [2.45, 2.75) is 6.10 Å². The number of primary amides is 1. The maximum absolute atomic E-state index is 10.6. The van der Waals surface area contributed by atoms with Crippen molar-refractivity contribution in [1.82, 2.24) is 4.98 Å². The molecular weight excluding hydrogens is 172 g/mol. The van der Waals surface area contributed by atoms with Gasteiger partial charge in [0.15, 0.2) is 6.10 Å². The SMILES string of the molecule is COc1cccnc1C(O)C(N)=O. The predicted octanol–water partition coefficient (Wildman–Crippen LogP) is -0.391. The van der Waals surface area contributed by atoms with Gasteiger partial charge in [0, 0.05) is 6.20 Å². The fourth-order valence-corrected chi connectivity index (χ4v) is 0.915. The van der Waals surface area contributed by atoms with Gasteiger partial charge in [0.1, 0.15) is 11.4 Å². The zero-order valence-corrected chi connectivity index (χ0v) is 7.10. The Morgan fingerprint density at radius 2 is 2.46 bits per heavy atom. The molecule has 0 aromatic carbocycles. The van der Waals surface area contributed by atoms with Crippen LogP contribution in [0.15, 0.2) is 18.3 Å². The third kappa shape index (κ3) is 1.94. The van der Waals surface area contributed by atoms with E-state index in [2.05, 4.69) is 4.98 Å². The quantitative estimate of drug-likeness (QED) is 0.666. The van der Waals surface area contributed by atoms with E-state index in [4.69, 9.17) is 10.5 Å². The summed E-state index contributed by atoms with van der Waals surface area (Å²) in [5.41, 5.74) is 5.04. The molecule has 13 heavy (non-hydrogen) atoms. The van der Waals surface area contributed by atoms with E-state index in [0.717, 1.165) is 0 Å². The van der Waals surface area contributed by atoms with E-state index in [0.29, 0.717) is 5.75 Å². The van der Waals surface area contributed by atoms with Crippen molar-refractivity contribution in [3.05, 3.63) is 24.0 Å². The number of aromatic nitrogens is 1. The Balaban J connectivity index is 3.05. The number of rotatable bonds is 3. The first kappa shape index (κ1) is 9.47. The van der Waals surface area contributed by atoms with Crippen LogP contribution in [0.2, 0.25) is 0 Å². The summed E-state index contributed by atoms with van der Waals surface area (Å²) in [5.74, 6) is -0.509. The highest BCUT2D eigenvalue weighted by Gasteiger charge is 2.19. The lowest BCUT2D eigenvalue weighted by Crippen LogP contribution is -2.22. The molecule has 1 atom stereocenters. The number of ether oxygens (including phenoxy) is 1. The first-order valence-corrected chi connectivity index (χ1v) is 3.63. The number of amides is 1. The van der Waals surface area contributed by atoms with E-state index in [1.54, 1.807) is 12.1 Å². The Hall–Kier alpha value is -1.62. The van der Waals surface area contributed by atoms with Crippen molar-refractivity contribution >= 4 is 5.91 Å². The van der Waals surface area contributed by atoms with Gasteiger partial charge in [-0.05, 0) is 12.1 Å². The second-order valence-corrected chi connectivity index (χ2v) is 2.40. The number of hydrogen-bond acceptors (Lipinski definition) is 4. The van der Waals surface area contributed by atoms with Crippen LogP contribution in [0.5, 0.6) is 5.75 Å². The summed E-state index contributed by atoms with van der Waals surface area (Å²) in [7, 11) is 1.42. The lowest BCUT2D eigenvalue weighted by molar-refractivity contribution is -0.126. The van der Waals surface area contributed by atoms with Gasteiger partial charge >= 0.3 is 0 Å². The molecule has 3 N–H and O–H groups in total. The Kier molecular flexibility index (Phi) is 2.81. The molecule has 0 aliphatic heterocycles. The molecule has 0 fully saturated rings. The van der Waals surface area contributed by atoms with Gasteiger partial charge in [0.25, 0.3) is 5.91 Å².